The predicted octanol–water partition coefficient (Wildman–Crippen LogP) is 4.37. The Morgan fingerprint density at radius 1 is 1.43 bits per heavy atom. The summed E-state index contributed by atoms with van der Waals surface area (Å²) in [5, 5.41) is 17.1. The van der Waals surface area contributed by atoms with E-state index in [0.29, 0.717) is 17.8 Å². The molecule has 1 aliphatic rings. The maximum absolute atomic E-state index is 10.8. The molecule has 0 radical (unpaired) electrons. The van der Waals surface area contributed by atoms with Gasteiger partial charge in [-0.05, 0) is 29.0 Å². The van der Waals surface area contributed by atoms with Crippen molar-refractivity contribution in [2.45, 2.75) is 35.4 Å². The van der Waals surface area contributed by atoms with Crippen molar-refractivity contribution in [3.05, 3.63) is 57.0 Å². The lowest BCUT2D eigenvalue weighted by Crippen LogP contribution is -2.26. The van der Waals surface area contributed by atoms with Gasteiger partial charge in [-0.25, -0.2) is 0 Å². The van der Waals surface area contributed by atoms with Crippen molar-refractivity contribution in [3.8, 4) is 0 Å². The largest absolute Gasteiger partial charge is 0.306 e. The highest BCUT2D eigenvalue weighted by atomic mass is 32.2. The standard InChI is InChI=1S/C15H16N2O2S2/c1-10-7-14(13-5-6-20-15(13)21-10)16-9-11-3-2-4-12(8-11)17(18)19/h2-6,8,10,14,16H,7,9H2,1H3/t10-,14?/m0/s1. The van der Waals surface area contributed by atoms with Crippen LogP contribution >= 0.6 is 23.1 Å². The first-order valence-corrected chi connectivity index (χ1v) is 8.60. The SMILES string of the molecule is C[C@H]1CC(NCc2cccc([N+](=O)[O-])c2)c2ccsc2S1. The molecule has 0 aliphatic carbocycles. The van der Waals surface area contributed by atoms with Gasteiger partial charge < -0.3 is 5.32 Å². The molecule has 0 saturated heterocycles. The number of thioether (sulfide) groups is 1. The van der Waals surface area contributed by atoms with Gasteiger partial charge in [-0.1, -0.05) is 19.1 Å². The molecule has 2 atom stereocenters. The van der Waals surface area contributed by atoms with E-state index in [9.17, 15) is 10.1 Å². The smallest absolute Gasteiger partial charge is 0.269 e. The molecule has 1 unspecified atom stereocenters. The van der Waals surface area contributed by atoms with Crippen molar-refractivity contribution in [1.29, 1.82) is 0 Å². The summed E-state index contributed by atoms with van der Waals surface area (Å²) in [4.78, 5) is 10.5. The van der Waals surface area contributed by atoms with E-state index in [1.807, 2.05) is 17.8 Å². The van der Waals surface area contributed by atoms with Gasteiger partial charge in [0.25, 0.3) is 5.69 Å². The number of benzene rings is 1. The van der Waals surface area contributed by atoms with Crippen LogP contribution in [0.1, 0.15) is 30.5 Å². The van der Waals surface area contributed by atoms with E-state index in [-0.39, 0.29) is 10.6 Å². The van der Waals surface area contributed by atoms with Crippen LogP contribution < -0.4 is 5.32 Å². The summed E-state index contributed by atoms with van der Waals surface area (Å²) < 4.78 is 1.39. The highest BCUT2D eigenvalue weighted by Crippen LogP contribution is 2.43. The van der Waals surface area contributed by atoms with E-state index < -0.39 is 0 Å². The maximum Gasteiger partial charge on any atom is 0.269 e. The summed E-state index contributed by atoms with van der Waals surface area (Å²) >= 11 is 3.73. The second-order valence-electron chi connectivity index (χ2n) is 5.19. The van der Waals surface area contributed by atoms with Gasteiger partial charge in [0.1, 0.15) is 0 Å². The average Bonchev–Trinajstić information content (AvgIpc) is 2.93. The summed E-state index contributed by atoms with van der Waals surface area (Å²) in [7, 11) is 0. The molecule has 2 heterocycles. The van der Waals surface area contributed by atoms with Crippen LogP contribution in [0, 0.1) is 10.1 Å². The van der Waals surface area contributed by atoms with Crippen LogP contribution in [-0.4, -0.2) is 10.2 Å². The van der Waals surface area contributed by atoms with Crippen molar-refractivity contribution in [1.82, 2.24) is 5.32 Å². The van der Waals surface area contributed by atoms with Gasteiger partial charge in [-0.15, -0.1) is 23.1 Å². The van der Waals surface area contributed by atoms with Crippen LogP contribution in [0.25, 0.3) is 0 Å². The number of hydrogen-bond donors (Lipinski definition) is 1. The van der Waals surface area contributed by atoms with Gasteiger partial charge in [0.15, 0.2) is 0 Å². The Kier molecular flexibility index (Phi) is 4.28. The van der Waals surface area contributed by atoms with Crippen molar-refractivity contribution in [2.24, 2.45) is 0 Å². The Morgan fingerprint density at radius 3 is 3.10 bits per heavy atom. The Labute approximate surface area is 131 Å². The molecular weight excluding hydrogens is 304 g/mol. The van der Waals surface area contributed by atoms with Gasteiger partial charge in [0.05, 0.1) is 9.13 Å². The first kappa shape index (κ1) is 14.6. The molecule has 3 rings (SSSR count). The minimum Gasteiger partial charge on any atom is -0.306 e. The number of non-ortho nitro benzene ring substituents is 1. The quantitative estimate of drug-likeness (QED) is 0.671. The van der Waals surface area contributed by atoms with Crippen molar-refractivity contribution in [3.63, 3.8) is 0 Å². The fourth-order valence-corrected chi connectivity index (χ4v) is 5.13. The van der Waals surface area contributed by atoms with Crippen LogP contribution in [-0.2, 0) is 6.54 Å². The topological polar surface area (TPSA) is 55.2 Å². The van der Waals surface area contributed by atoms with Gasteiger partial charge in [0.2, 0.25) is 0 Å². The van der Waals surface area contributed by atoms with Crippen LogP contribution in [0.3, 0.4) is 0 Å². The molecule has 0 fully saturated rings. The number of nitro benzene ring substituents is 1. The van der Waals surface area contributed by atoms with Crippen LogP contribution in [0.4, 0.5) is 5.69 Å². The highest BCUT2D eigenvalue weighted by Gasteiger charge is 2.25. The minimum atomic E-state index is -0.347. The Bertz CT molecular complexity index is 657. The van der Waals surface area contributed by atoms with E-state index in [0.717, 1.165) is 12.0 Å². The van der Waals surface area contributed by atoms with E-state index in [1.54, 1.807) is 23.5 Å². The summed E-state index contributed by atoms with van der Waals surface area (Å²) in [6.07, 6.45) is 1.09. The van der Waals surface area contributed by atoms with Gasteiger partial charge in [-0.2, -0.15) is 0 Å². The van der Waals surface area contributed by atoms with Gasteiger partial charge in [0, 0.05) is 30.0 Å². The Morgan fingerprint density at radius 2 is 2.29 bits per heavy atom. The van der Waals surface area contributed by atoms with Crippen molar-refractivity contribution < 1.29 is 4.92 Å². The van der Waals surface area contributed by atoms with Crippen LogP contribution in [0.2, 0.25) is 0 Å². The average molecular weight is 320 g/mol. The molecule has 110 valence electrons. The summed E-state index contributed by atoms with van der Waals surface area (Å²) in [6.45, 7) is 2.90. The number of rotatable bonds is 4. The number of fused-ring (bicyclic) bond motifs is 1. The van der Waals surface area contributed by atoms with Gasteiger partial charge >= 0.3 is 0 Å². The van der Waals surface area contributed by atoms with Crippen LogP contribution in [0.5, 0.6) is 0 Å². The zero-order valence-electron chi connectivity index (χ0n) is 11.6. The summed E-state index contributed by atoms with van der Waals surface area (Å²) in [5.74, 6) is 0. The molecule has 0 saturated carbocycles. The van der Waals surface area contributed by atoms with E-state index in [1.165, 1.54) is 15.8 Å². The van der Waals surface area contributed by atoms with Crippen LogP contribution in [0.15, 0.2) is 39.9 Å². The van der Waals surface area contributed by atoms with E-state index in [2.05, 4.69) is 23.7 Å². The molecule has 0 amide bonds. The molecule has 21 heavy (non-hydrogen) atoms. The zero-order valence-corrected chi connectivity index (χ0v) is 13.2. The van der Waals surface area contributed by atoms with Gasteiger partial charge in [-0.3, -0.25) is 10.1 Å². The minimum absolute atomic E-state index is 0.151. The molecule has 0 bridgehead atoms. The summed E-state index contributed by atoms with van der Waals surface area (Å²) in [6, 6.07) is 9.36. The lowest BCUT2D eigenvalue weighted by Gasteiger charge is -2.27. The highest BCUT2D eigenvalue weighted by molar-refractivity contribution is 8.01. The number of thiophene rings is 1. The first-order chi connectivity index (χ1) is 10.1. The number of nitrogens with zero attached hydrogens (tertiary/aromatic N) is 1. The third-order valence-corrected chi connectivity index (χ3v) is 5.93. The molecule has 0 spiro atoms. The normalized spacial score (nSPS) is 21.0. The molecule has 1 aromatic carbocycles. The lowest BCUT2D eigenvalue weighted by atomic mass is 10.0. The maximum atomic E-state index is 10.8. The molecule has 1 aliphatic heterocycles. The predicted molar refractivity (Wildman–Crippen MR) is 86.9 cm³/mol. The Hall–Kier alpha value is -1.37. The third kappa shape index (κ3) is 3.28. The third-order valence-electron chi connectivity index (χ3n) is 3.58. The fourth-order valence-electron chi connectivity index (χ4n) is 2.56. The Balaban J connectivity index is 1.71. The number of nitrogens with one attached hydrogen (secondary N) is 1. The second-order valence-corrected chi connectivity index (χ2v) is 7.81. The number of nitro groups is 1. The van der Waals surface area contributed by atoms with E-state index in [4.69, 9.17) is 0 Å². The lowest BCUT2D eigenvalue weighted by molar-refractivity contribution is -0.384. The molecule has 1 aromatic heterocycles. The molecule has 4 nitrogen and oxygen atoms in total. The fraction of sp³-hybridized carbons (Fsp3) is 0.333. The molecule has 6 heteroatoms. The monoisotopic (exact) mass is 320 g/mol. The molecule has 1 N–H and O–H groups in total. The number of hydrogen-bond acceptors (Lipinski definition) is 5. The first-order valence-electron chi connectivity index (χ1n) is 6.84. The van der Waals surface area contributed by atoms with E-state index >= 15 is 0 Å². The summed E-state index contributed by atoms with van der Waals surface area (Å²) in [5.41, 5.74) is 2.47. The second kappa shape index (κ2) is 6.17. The van der Waals surface area contributed by atoms with Crippen molar-refractivity contribution in [2.75, 3.05) is 0 Å². The zero-order chi connectivity index (χ0) is 14.8. The van der Waals surface area contributed by atoms with Crippen molar-refractivity contribution >= 4 is 28.8 Å². The molecular formula is C15H16N2O2S2. The molecule has 2 aromatic rings.